The Morgan fingerprint density at radius 2 is 2.11 bits per heavy atom. The first-order valence-electron chi connectivity index (χ1n) is 9.27. The maximum absolute atomic E-state index is 5.41. The molecule has 0 spiro atoms. The van der Waals surface area contributed by atoms with Crippen molar-refractivity contribution in [3.63, 3.8) is 0 Å². The number of aromatic nitrogens is 1. The minimum atomic E-state index is 0.606. The number of furan rings is 1. The topological polar surface area (TPSA) is 62.9 Å². The van der Waals surface area contributed by atoms with Gasteiger partial charge in [-0.2, -0.15) is 0 Å². The van der Waals surface area contributed by atoms with Crippen LogP contribution in [-0.4, -0.2) is 43.1 Å². The van der Waals surface area contributed by atoms with Gasteiger partial charge in [-0.05, 0) is 29.8 Å². The zero-order chi connectivity index (χ0) is 19.6. The van der Waals surface area contributed by atoms with E-state index in [1.807, 2.05) is 48.0 Å². The molecule has 0 bridgehead atoms. The number of nitrogens with one attached hydrogen (secondary N) is 1. The SMILES string of the molecule is COc1ccc(CN=C(NCCc2ccco2)N(C)CCc2nccs2)cc1. The summed E-state index contributed by atoms with van der Waals surface area (Å²) in [6, 6.07) is 11.9. The lowest BCUT2D eigenvalue weighted by Crippen LogP contribution is -2.40. The number of aliphatic imine (C=N–C) groups is 1. The van der Waals surface area contributed by atoms with Crippen LogP contribution in [0, 0.1) is 0 Å². The molecule has 6 nitrogen and oxygen atoms in total. The number of hydrogen-bond acceptors (Lipinski definition) is 5. The first kappa shape index (κ1) is 19.9. The third-order valence-corrected chi connectivity index (χ3v) is 5.15. The number of guanidine groups is 1. The molecule has 1 N–H and O–H groups in total. The van der Waals surface area contributed by atoms with E-state index in [0.717, 1.165) is 54.0 Å². The number of benzene rings is 1. The molecule has 0 unspecified atom stereocenters. The quantitative estimate of drug-likeness (QED) is 0.441. The van der Waals surface area contributed by atoms with E-state index in [-0.39, 0.29) is 0 Å². The summed E-state index contributed by atoms with van der Waals surface area (Å²) in [5.74, 6) is 2.69. The fraction of sp³-hybridized carbons (Fsp3) is 0.333. The molecule has 1 aromatic carbocycles. The number of hydrogen-bond donors (Lipinski definition) is 1. The summed E-state index contributed by atoms with van der Waals surface area (Å²) < 4.78 is 10.6. The third kappa shape index (κ3) is 6.13. The van der Waals surface area contributed by atoms with Crippen molar-refractivity contribution in [3.05, 3.63) is 70.6 Å². The van der Waals surface area contributed by atoms with Gasteiger partial charge in [0.2, 0.25) is 0 Å². The van der Waals surface area contributed by atoms with Crippen molar-refractivity contribution < 1.29 is 9.15 Å². The largest absolute Gasteiger partial charge is 0.497 e. The highest BCUT2D eigenvalue weighted by molar-refractivity contribution is 7.09. The van der Waals surface area contributed by atoms with E-state index < -0.39 is 0 Å². The van der Waals surface area contributed by atoms with Crippen molar-refractivity contribution in [1.82, 2.24) is 15.2 Å². The minimum absolute atomic E-state index is 0.606. The van der Waals surface area contributed by atoms with E-state index in [1.165, 1.54) is 0 Å². The highest BCUT2D eigenvalue weighted by Crippen LogP contribution is 2.12. The Balaban J connectivity index is 1.60. The minimum Gasteiger partial charge on any atom is -0.497 e. The van der Waals surface area contributed by atoms with Crippen LogP contribution in [0.1, 0.15) is 16.3 Å². The molecule has 0 saturated carbocycles. The second-order valence-corrected chi connectivity index (χ2v) is 7.32. The summed E-state index contributed by atoms with van der Waals surface area (Å²) in [5.41, 5.74) is 1.14. The van der Waals surface area contributed by atoms with Crippen LogP contribution in [0.15, 0.2) is 63.6 Å². The van der Waals surface area contributed by atoms with Gasteiger partial charge in [0.15, 0.2) is 5.96 Å². The van der Waals surface area contributed by atoms with Gasteiger partial charge >= 0.3 is 0 Å². The van der Waals surface area contributed by atoms with Crippen molar-refractivity contribution in [1.29, 1.82) is 0 Å². The molecule has 28 heavy (non-hydrogen) atoms. The van der Waals surface area contributed by atoms with E-state index in [0.29, 0.717) is 6.54 Å². The summed E-state index contributed by atoms with van der Waals surface area (Å²) in [4.78, 5) is 11.3. The third-order valence-electron chi connectivity index (χ3n) is 4.31. The summed E-state index contributed by atoms with van der Waals surface area (Å²) >= 11 is 1.68. The Hall–Kier alpha value is -2.80. The average Bonchev–Trinajstić information content (AvgIpc) is 3.43. The van der Waals surface area contributed by atoms with E-state index in [4.69, 9.17) is 14.1 Å². The lowest BCUT2D eigenvalue weighted by atomic mass is 10.2. The van der Waals surface area contributed by atoms with Gasteiger partial charge in [-0.25, -0.2) is 9.98 Å². The Morgan fingerprint density at radius 3 is 2.79 bits per heavy atom. The van der Waals surface area contributed by atoms with Crippen LogP contribution in [0.25, 0.3) is 0 Å². The molecule has 0 radical (unpaired) electrons. The Labute approximate surface area is 169 Å². The molecule has 0 fully saturated rings. The predicted octanol–water partition coefficient (Wildman–Crippen LogP) is 3.61. The zero-order valence-corrected chi connectivity index (χ0v) is 17.1. The first-order chi connectivity index (χ1) is 13.7. The van der Waals surface area contributed by atoms with Gasteiger partial charge in [-0.3, -0.25) is 0 Å². The highest BCUT2D eigenvalue weighted by Gasteiger charge is 2.08. The van der Waals surface area contributed by atoms with Crippen molar-refractivity contribution in [2.75, 3.05) is 27.2 Å². The lowest BCUT2D eigenvalue weighted by Gasteiger charge is -2.22. The molecule has 0 amide bonds. The lowest BCUT2D eigenvalue weighted by molar-refractivity contribution is 0.414. The van der Waals surface area contributed by atoms with Gasteiger partial charge < -0.3 is 19.4 Å². The van der Waals surface area contributed by atoms with Crippen molar-refractivity contribution >= 4 is 17.3 Å². The second-order valence-electron chi connectivity index (χ2n) is 6.34. The zero-order valence-electron chi connectivity index (χ0n) is 16.3. The second kappa shape index (κ2) is 10.5. The Bertz CT molecular complexity index is 830. The number of thiazole rings is 1. The van der Waals surface area contributed by atoms with Crippen molar-refractivity contribution in [3.8, 4) is 5.75 Å². The van der Waals surface area contributed by atoms with E-state index in [2.05, 4.69) is 22.2 Å². The van der Waals surface area contributed by atoms with Gasteiger partial charge in [-0.1, -0.05) is 12.1 Å². The van der Waals surface area contributed by atoms with Crippen molar-refractivity contribution in [2.45, 2.75) is 19.4 Å². The maximum atomic E-state index is 5.41. The van der Waals surface area contributed by atoms with Gasteiger partial charge in [0.25, 0.3) is 0 Å². The van der Waals surface area contributed by atoms with Crippen LogP contribution >= 0.6 is 11.3 Å². The number of nitrogens with zero attached hydrogens (tertiary/aromatic N) is 3. The van der Waals surface area contributed by atoms with Gasteiger partial charge in [0.1, 0.15) is 11.5 Å². The van der Waals surface area contributed by atoms with E-state index in [9.17, 15) is 0 Å². The van der Waals surface area contributed by atoms with Gasteiger partial charge in [0, 0.05) is 44.6 Å². The number of ether oxygens (including phenoxy) is 1. The molecule has 0 aliphatic carbocycles. The monoisotopic (exact) mass is 398 g/mol. The van der Waals surface area contributed by atoms with Crippen LogP contribution in [-0.2, 0) is 19.4 Å². The molecular formula is C21H26N4O2S. The van der Waals surface area contributed by atoms with Crippen LogP contribution < -0.4 is 10.1 Å². The molecular weight excluding hydrogens is 372 g/mol. The van der Waals surface area contributed by atoms with Crippen LogP contribution in [0.3, 0.4) is 0 Å². The summed E-state index contributed by atoms with van der Waals surface area (Å²) in [5, 5.41) is 6.60. The van der Waals surface area contributed by atoms with Crippen LogP contribution in [0.5, 0.6) is 5.75 Å². The number of rotatable bonds is 9. The molecule has 148 valence electrons. The molecule has 2 aromatic heterocycles. The van der Waals surface area contributed by atoms with Crippen LogP contribution in [0.4, 0.5) is 0 Å². The molecule has 0 saturated heterocycles. The van der Waals surface area contributed by atoms with Gasteiger partial charge in [-0.15, -0.1) is 11.3 Å². The van der Waals surface area contributed by atoms with E-state index in [1.54, 1.807) is 24.7 Å². The molecule has 2 heterocycles. The molecule has 3 aromatic rings. The molecule has 3 rings (SSSR count). The molecule has 0 atom stereocenters. The molecule has 7 heteroatoms. The number of methoxy groups -OCH3 is 1. The summed E-state index contributed by atoms with van der Waals surface area (Å²) in [6.07, 6.45) is 5.26. The first-order valence-corrected chi connectivity index (χ1v) is 10.2. The standard InChI is InChI=1S/C21H26N4O2S/c1-25(13-10-20-22-12-15-28-20)21(23-11-9-19-4-3-14-27-19)24-16-17-5-7-18(26-2)8-6-17/h3-8,12,14-15H,9-11,13,16H2,1-2H3,(H,23,24). The normalized spacial score (nSPS) is 11.4. The summed E-state index contributed by atoms with van der Waals surface area (Å²) in [6.45, 7) is 2.22. The Kier molecular flexibility index (Phi) is 7.49. The van der Waals surface area contributed by atoms with Crippen molar-refractivity contribution in [2.24, 2.45) is 4.99 Å². The fourth-order valence-electron chi connectivity index (χ4n) is 2.71. The van der Waals surface area contributed by atoms with E-state index >= 15 is 0 Å². The molecule has 0 aliphatic heterocycles. The van der Waals surface area contributed by atoms with Gasteiger partial charge in [0.05, 0.1) is 24.9 Å². The summed E-state index contributed by atoms with van der Waals surface area (Å²) in [7, 11) is 3.73. The average molecular weight is 399 g/mol. The molecule has 0 aliphatic rings. The maximum Gasteiger partial charge on any atom is 0.194 e. The Morgan fingerprint density at radius 1 is 1.25 bits per heavy atom. The van der Waals surface area contributed by atoms with Crippen LogP contribution in [0.2, 0.25) is 0 Å². The highest BCUT2D eigenvalue weighted by atomic mass is 32.1. The fourth-order valence-corrected chi connectivity index (χ4v) is 3.32. The smallest absolute Gasteiger partial charge is 0.194 e. The predicted molar refractivity (Wildman–Crippen MR) is 113 cm³/mol. The number of likely N-dealkylation sites (N-methyl/N-ethyl adjacent to an activating group) is 1.